The van der Waals surface area contributed by atoms with Gasteiger partial charge in [-0.2, -0.15) is 0 Å². The molecule has 0 aliphatic rings. The van der Waals surface area contributed by atoms with Crippen LogP contribution in [0.1, 0.15) is 16.1 Å². The van der Waals surface area contributed by atoms with Crippen LogP contribution in [-0.2, 0) is 0 Å². The molecule has 4 nitrogen and oxygen atoms in total. The van der Waals surface area contributed by atoms with Crippen LogP contribution >= 0.6 is 23.2 Å². The number of aromatic nitrogens is 1. The average Bonchev–Trinajstić information content (AvgIpc) is 3.00. The van der Waals surface area contributed by atoms with Gasteiger partial charge in [-0.05, 0) is 48.9 Å². The van der Waals surface area contributed by atoms with Gasteiger partial charge >= 0.3 is 0 Å². The molecule has 0 unspecified atom stereocenters. The van der Waals surface area contributed by atoms with Crippen LogP contribution < -0.4 is 5.32 Å². The zero-order chi connectivity index (χ0) is 16.4. The fourth-order valence-electron chi connectivity index (χ4n) is 2.08. The topological polar surface area (TPSA) is 55.1 Å². The Bertz CT molecular complexity index is 875. The number of anilines is 1. The first-order valence-electron chi connectivity index (χ1n) is 6.83. The molecule has 0 bridgehead atoms. The van der Waals surface area contributed by atoms with Crippen molar-refractivity contribution in [1.82, 2.24) is 4.98 Å². The predicted octanol–water partition coefficient (Wildman–Crippen LogP) is 5.21. The number of furan rings is 1. The lowest BCUT2D eigenvalue weighted by Gasteiger charge is -2.04. The SMILES string of the molecule is Cc1ccnc(NC(=O)c2ccc(-c3cccc(Cl)c3Cl)o2)c1. The van der Waals surface area contributed by atoms with E-state index in [0.29, 0.717) is 27.2 Å². The summed E-state index contributed by atoms with van der Waals surface area (Å²) in [4.78, 5) is 16.3. The third-order valence-corrected chi connectivity index (χ3v) is 4.02. The van der Waals surface area contributed by atoms with Crippen molar-refractivity contribution in [2.24, 2.45) is 0 Å². The molecular weight excluding hydrogens is 335 g/mol. The second-order valence-electron chi connectivity index (χ2n) is 4.94. The van der Waals surface area contributed by atoms with E-state index in [1.807, 2.05) is 13.0 Å². The molecule has 1 aromatic carbocycles. The van der Waals surface area contributed by atoms with Crippen molar-refractivity contribution in [1.29, 1.82) is 0 Å². The molecule has 0 aliphatic heterocycles. The van der Waals surface area contributed by atoms with Crippen LogP contribution in [0, 0.1) is 6.92 Å². The molecular formula is C17H12Cl2N2O2. The molecule has 0 fully saturated rings. The summed E-state index contributed by atoms with van der Waals surface area (Å²) in [6, 6.07) is 12.1. The molecule has 6 heteroatoms. The highest BCUT2D eigenvalue weighted by Crippen LogP contribution is 2.34. The summed E-state index contributed by atoms with van der Waals surface area (Å²) in [5, 5.41) is 3.50. The standard InChI is InChI=1S/C17H12Cl2N2O2/c1-10-7-8-20-15(9-10)21-17(22)14-6-5-13(23-14)11-3-2-4-12(18)16(11)19/h2-9H,1H3,(H,20,21,22). The number of aryl methyl sites for hydroxylation is 1. The third-order valence-electron chi connectivity index (χ3n) is 3.20. The van der Waals surface area contributed by atoms with E-state index in [-0.39, 0.29) is 11.7 Å². The Morgan fingerprint density at radius 1 is 1.17 bits per heavy atom. The van der Waals surface area contributed by atoms with Crippen LogP contribution in [0.2, 0.25) is 10.0 Å². The Labute approximate surface area is 143 Å². The minimum atomic E-state index is -0.382. The summed E-state index contributed by atoms with van der Waals surface area (Å²) in [5.41, 5.74) is 1.63. The fourth-order valence-corrected chi connectivity index (χ4v) is 2.47. The summed E-state index contributed by atoms with van der Waals surface area (Å²) < 4.78 is 5.59. The predicted molar refractivity (Wildman–Crippen MR) is 91.1 cm³/mol. The lowest BCUT2D eigenvalue weighted by molar-refractivity contribution is 0.0997. The van der Waals surface area contributed by atoms with Crippen LogP contribution in [0.3, 0.4) is 0 Å². The van der Waals surface area contributed by atoms with Gasteiger partial charge in [0.1, 0.15) is 11.6 Å². The average molecular weight is 347 g/mol. The van der Waals surface area contributed by atoms with Gasteiger partial charge in [0.05, 0.1) is 10.0 Å². The summed E-state index contributed by atoms with van der Waals surface area (Å²) in [6.07, 6.45) is 1.63. The Hall–Kier alpha value is -2.30. The largest absolute Gasteiger partial charge is 0.451 e. The van der Waals surface area contributed by atoms with E-state index in [2.05, 4.69) is 10.3 Å². The molecule has 3 aromatic rings. The van der Waals surface area contributed by atoms with Crippen molar-refractivity contribution < 1.29 is 9.21 Å². The highest BCUT2D eigenvalue weighted by atomic mass is 35.5. The lowest BCUT2D eigenvalue weighted by atomic mass is 10.2. The Morgan fingerprint density at radius 3 is 2.78 bits per heavy atom. The lowest BCUT2D eigenvalue weighted by Crippen LogP contribution is -2.11. The minimum absolute atomic E-state index is 0.166. The molecule has 1 amide bonds. The van der Waals surface area contributed by atoms with Gasteiger partial charge in [0, 0.05) is 11.8 Å². The summed E-state index contributed by atoms with van der Waals surface area (Å²) in [7, 11) is 0. The highest BCUT2D eigenvalue weighted by Gasteiger charge is 2.15. The molecule has 116 valence electrons. The second-order valence-corrected chi connectivity index (χ2v) is 5.72. The first-order valence-corrected chi connectivity index (χ1v) is 7.58. The molecule has 3 rings (SSSR count). The first-order chi connectivity index (χ1) is 11.0. The Balaban J connectivity index is 1.84. The van der Waals surface area contributed by atoms with Gasteiger partial charge in [-0.1, -0.05) is 29.3 Å². The van der Waals surface area contributed by atoms with E-state index in [0.717, 1.165) is 5.56 Å². The van der Waals surface area contributed by atoms with Gasteiger partial charge in [0.2, 0.25) is 0 Å². The van der Waals surface area contributed by atoms with E-state index >= 15 is 0 Å². The maximum atomic E-state index is 12.2. The number of halogens is 2. The Morgan fingerprint density at radius 2 is 2.00 bits per heavy atom. The van der Waals surface area contributed by atoms with Crippen LogP contribution in [0.25, 0.3) is 11.3 Å². The van der Waals surface area contributed by atoms with E-state index < -0.39 is 0 Å². The number of benzene rings is 1. The summed E-state index contributed by atoms with van der Waals surface area (Å²) in [6.45, 7) is 1.92. The first kappa shape index (κ1) is 15.6. The number of carbonyl (C=O) groups is 1. The third kappa shape index (κ3) is 3.38. The van der Waals surface area contributed by atoms with E-state index in [4.69, 9.17) is 27.6 Å². The number of pyridine rings is 1. The fraction of sp³-hybridized carbons (Fsp3) is 0.0588. The number of hydrogen-bond acceptors (Lipinski definition) is 3. The monoisotopic (exact) mass is 346 g/mol. The smallest absolute Gasteiger partial charge is 0.292 e. The van der Waals surface area contributed by atoms with Crippen molar-refractivity contribution in [2.75, 3.05) is 5.32 Å². The summed E-state index contributed by atoms with van der Waals surface area (Å²) in [5.74, 6) is 0.723. The van der Waals surface area contributed by atoms with E-state index in [9.17, 15) is 4.79 Å². The van der Waals surface area contributed by atoms with Crippen molar-refractivity contribution >= 4 is 34.9 Å². The quantitative estimate of drug-likeness (QED) is 0.708. The zero-order valence-electron chi connectivity index (χ0n) is 12.1. The molecule has 0 aliphatic carbocycles. The van der Waals surface area contributed by atoms with Gasteiger partial charge in [-0.15, -0.1) is 0 Å². The maximum absolute atomic E-state index is 12.2. The number of nitrogens with zero attached hydrogens (tertiary/aromatic N) is 1. The normalized spacial score (nSPS) is 10.6. The van der Waals surface area contributed by atoms with Crippen LogP contribution in [0.15, 0.2) is 53.1 Å². The van der Waals surface area contributed by atoms with Crippen molar-refractivity contribution in [3.8, 4) is 11.3 Å². The molecule has 2 aromatic heterocycles. The number of hydrogen-bond donors (Lipinski definition) is 1. The van der Waals surface area contributed by atoms with Gasteiger partial charge in [-0.25, -0.2) is 4.98 Å². The number of rotatable bonds is 3. The van der Waals surface area contributed by atoms with E-state index in [1.165, 1.54) is 0 Å². The summed E-state index contributed by atoms with van der Waals surface area (Å²) >= 11 is 12.2. The number of amides is 1. The molecule has 0 saturated carbocycles. The Kier molecular flexibility index (Phi) is 4.37. The van der Waals surface area contributed by atoms with Crippen LogP contribution in [0.5, 0.6) is 0 Å². The van der Waals surface area contributed by atoms with Gasteiger partial charge in [0.25, 0.3) is 5.91 Å². The highest BCUT2D eigenvalue weighted by molar-refractivity contribution is 6.43. The molecule has 0 atom stereocenters. The molecule has 2 heterocycles. The molecule has 0 saturated heterocycles. The van der Waals surface area contributed by atoms with Crippen LogP contribution in [-0.4, -0.2) is 10.9 Å². The molecule has 0 radical (unpaired) electrons. The van der Waals surface area contributed by atoms with Gasteiger partial charge in [-0.3, -0.25) is 4.79 Å². The van der Waals surface area contributed by atoms with Crippen molar-refractivity contribution in [3.05, 3.63) is 70.0 Å². The van der Waals surface area contributed by atoms with E-state index in [1.54, 1.807) is 42.6 Å². The maximum Gasteiger partial charge on any atom is 0.292 e. The minimum Gasteiger partial charge on any atom is -0.451 e. The van der Waals surface area contributed by atoms with Crippen LogP contribution in [0.4, 0.5) is 5.82 Å². The number of carbonyl (C=O) groups excluding carboxylic acids is 1. The number of nitrogens with one attached hydrogen (secondary N) is 1. The molecule has 0 spiro atoms. The second kappa shape index (κ2) is 6.44. The zero-order valence-corrected chi connectivity index (χ0v) is 13.7. The molecule has 23 heavy (non-hydrogen) atoms. The molecule has 1 N–H and O–H groups in total. The van der Waals surface area contributed by atoms with Crippen molar-refractivity contribution in [2.45, 2.75) is 6.92 Å². The van der Waals surface area contributed by atoms with Crippen molar-refractivity contribution in [3.63, 3.8) is 0 Å². The van der Waals surface area contributed by atoms with Gasteiger partial charge in [0.15, 0.2) is 5.76 Å². The van der Waals surface area contributed by atoms with Gasteiger partial charge < -0.3 is 9.73 Å².